The van der Waals surface area contributed by atoms with Gasteiger partial charge in [0.1, 0.15) is 12.4 Å². The van der Waals surface area contributed by atoms with Gasteiger partial charge in [0.2, 0.25) is 5.91 Å². The Kier molecular flexibility index (Phi) is 8.50. The number of nitrogens with one attached hydrogen (secondary N) is 1. The molecule has 0 radical (unpaired) electrons. The minimum Gasteiger partial charge on any atom is -0.329 e. The molecule has 0 aliphatic rings. The van der Waals surface area contributed by atoms with Gasteiger partial charge in [0.25, 0.3) is 11.6 Å². The molecule has 39 heavy (non-hydrogen) atoms. The van der Waals surface area contributed by atoms with E-state index in [-0.39, 0.29) is 17.8 Å². The van der Waals surface area contributed by atoms with Gasteiger partial charge in [-0.15, -0.1) is 0 Å². The topological polar surface area (TPSA) is 110 Å². The van der Waals surface area contributed by atoms with Crippen molar-refractivity contribution in [3.63, 3.8) is 0 Å². The Morgan fingerprint density at radius 1 is 1.00 bits per heavy atom. The van der Waals surface area contributed by atoms with Gasteiger partial charge in [-0.25, -0.2) is 4.68 Å². The van der Waals surface area contributed by atoms with Crippen LogP contribution in [0.4, 0.5) is 11.5 Å². The number of nitro benzene ring substituents is 1. The van der Waals surface area contributed by atoms with Crippen LogP contribution in [0.3, 0.4) is 0 Å². The number of carbonyl (C=O) groups is 2. The first-order valence-electron chi connectivity index (χ1n) is 12.8. The smallest absolute Gasteiger partial charge is 0.270 e. The fraction of sp³-hybridized carbons (Fsp3) is 0.233. The van der Waals surface area contributed by atoms with Crippen LogP contribution in [0.1, 0.15) is 41.4 Å². The first-order valence-corrected chi connectivity index (χ1v) is 12.8. The molecule has 9 nitrogen and oxygen atoms in total. The fourth-order valence-electron chi connectivity index (χ4n) is 4.45. The highest BCUT2D eigenvalue weighted by molar-refractivity contribution is 6.01. The van der Waals surface area contributed by atoms with Gasteiger partial charge in [0.05, 0.1) is 16.3 Å². The number of para-hydroxylation sites is 1. The fourth-order valence-corrected chi connectivity index (χ4v) is 4.45. The second-order valence-corrected chi connectivity index (χ2v) is 9.31. The number of benzene rings is 3. The Balaban J connectivity index is 1.68. The van der Waals surface area contributed by atoms with Crippen LogP contribution in [-0.2, 0) is 4.79 Å². The highest BCUT2D eigenvalue weighted by Gasteiger charge is 2.24. The monoisotopic (exact) mass is 525 g/mol. The lowest BCUT2D eigenvalue weighted by Crippen LogP contribution is -2.39. The van der Waals surface area contributed by atoms with Crippen molar-refractivity contribution in [2.24, 2.45) is 0 Å². The van der Waals surface area contributed by atoms with Gasteiger partial charge in [0.15, 0.2) is 0 Å². The van der Waals surface area contributed by atoms with E-state index in [1.54, 1.807) is 4.68 Å². The lowest BCUT2D eigenvalue weighted by Gasteiger charge is -2.22. The zero-order valence-corrected chi connectivity index (χ0v) is 22.3. The molecule has 0 fully saturated rings. The molecular formula is C30H31N5O4. The van der Waals surface area contributed by atoms with Gasteiger partial charge in [-0.05, 0) is 43.5 Å². The molecule has 0 aliphatic carbocycles. The summed E-state index contributed by atoms with van der Waals surface area (Å²) in [7, 11) is 0. The molecular weight excluding hydrogens is 494 g/mol. The lowest BCUT2D eigenvalue weighted by atomic mass is 10.1. The number of nitrogens with zero attached hydrogens (tertiary/aromatic N) is 4. The predicted octanol–water partition coefficient (Wildman–Crippen LogP) is 5.95. The van der Waals surface area contributed by atoms with E-state index in [2.05, 4.69) is 5.32 Å². The zero-order valence-electron chi connectivity index (χ0n) is 22.3. The quantitative estimate of drug-likeness (QED) is 0.203. The first kappa shape index (κ1) is 27.3. The molecule has 0 bridgehead atoms. The average molecular weight is 526 g/mol. The number of unbranched alkanes of at least 4 members (excludes halogenated alkanes) is 1. The Hall–Kier alpha value is -4.79. The average Bonchev–Trinajstić information content (AvgIpc) is 3.26. The number of carbonyl (C=O) groups excluding carboxylic acids is 2. The molecule has 1 aromatic heterocycles. The van der Waals surface area contributed by atoms with E-state index in [9.17, 15) is 19.7 Å². The van der Waals surface area contributed by atoms with Gasteiger partial charge in [-0.3, -0.25) is 19.7 Å². The van der Waals surface area contributed by atoms with E-state index in [1.807, 2.05) is 75.4 Å². The van der Waals surface area contributed by atoms with E-state index in [4.69, 9.17) is 5.10 Å². The number of anilines is 1. The molecule has 4 aromatic rings. The standard InChI is InChI=1S/C30H31N5O4/c1-4-5-18-33(30(37)24-15-11-16-25(19-24)35(38)39)20-27(36)31-29-28(23-13-7-6-8-14-23)22(3)32-34(29)26-17-10-9-12-21(26)2/h6-17,19H,4-5,18,20H2,1-3H3,(H,31,36). The van der Waals surface area contributed by atoms with Crippen LogP contribution in [0.5, 0.6) is 0 Å². The predicted molar refractivity (Wildman–Crippen MR) is 151 cm³/mol. The molecule has 3 aromatic carbocycles. The van der Waals surface area contributed by atoms with E-state index in [0.717, 1.165) is 34.5 Å². The number of hydrogen-bond donors (Lipinski definition) is 1. The number of hydrogen-bond acceptors (Lipinski definition) is 5. The Labute approximate surface area is 227 Å². The van der Waals surface area contributed by atoms with Gasteiger partial charge >= 0.3 is 0 Å². The van der Waals surface area contributed by atoms with Crippen molar-refractivity contribution in [1.82, 2.24) is 14.7 Å². The second-order valence-electron chi connectivity index (χ2n) is 9.31. The molecule has 0 atom stereocenters. The van der Waals surface area contributed by atoms with Crippen molar-refractivity contribution in [3.8, 4) is 16.8 Å². The van der Waals surface area contributed by atoms with Gasteiger partial charge in [0, 0.05) is 29.8 Å². The molecule has 4 rings (SSSR count). The van der Waals surface area contributed by atoms with Crippen LogP contribution >= 0.6 is 0 Å². The summed E-state index contributed by atoms with van der Waals surface area (Å²) in [5.41, 5.74) is 4.24. The molecule has 2 amide bonds. The summed E-state index contributed by atoms with van der Waals surface area (Å²) >= 11 is 0. The highest BCUT2D eigenvalue weighted by atomic mass is 16.6. The number of non-ortho nitro benzene ring substituents is 1. The van der Waals surface area contributed by atoms with Crippen LogP contribution < -0.4 is 5.32 Å². The summed E-state index contributed by atoms with van der Waals surface area (Å²) in [5, 5.41) is 19.0. The maximum absolute atomic E-state index is 13.5. The summed E-state index contributed by atoms with van der Waals surface area (Å²) in [5.74, 6) is -0.317. The molecule has 0 unspecified atom stereocenters. The largest absolute Gasteiger partial charge is 0.329 e. The molecule has 9 heteroatoms. The van der Waals surface area contributed by atoms with Crippen LogP contribution in [0.15, 0.2) is 78.9 Å². The minimum atomic E-state index is -0.542. The van der Waals surface area contributed by atoms with E-state index < -0.39 is 16.7 Å². The molecule has 0 saturated carbocycles. The molecule has 0 saturated heterocycles. The number of amides is 2. The summed E-state index contributed by atoms with van der Waals surface area (Å²) < 4.78 is 1.73. The normalized spacial score (nSPS) is 10.7. The molecule has 0 aliphatic heterocycles. The van der Waals surface area contributed by atoms with Crippen molar-refractivity contribution >= 4 is 23.3 Å². The Bertz CT molecular complexity index is 1500. The third kappa shape index (κ3) is 6.20. The summed E-state index contributed by atoms with van der Waals surface area (Å²) in [6.07, 6.45) is 1.50. The number of aryl methyl sites for hydroxylation is 2. The van der Waals surface area contributed by atoms with Crippen LogP contribution in [0.25, 0.3) is 16.8 Å². The summed E-state index contributed by atoms with van der Waals surface area (Å²) in [4.78, 5) is 39.0. The minimum absolute atomic E-state index is 0.166. The maximum atomic E-state index is 13.5. The molecule has 1 heterocycles. The van der Waals surface area contributed by atoms with E-state index >= 15 is 0 Å². The van der Waals surface area contributed by atoms with Gasteiger partial charge in [-0.2, -0.15) is 5.10 Å². The number of nitro groups is 1. The number of aromatic nitrogens is 2. The zero-order chi connectivity index (χ0) is 27.9. The summed E-state index contributed by atoms with van der Waals surface area (Å²) in [6.45, 7) is 5.99. The van der Waals surface area contributed by atoms with Crippen molar-refractivity contribution in [2.45, 2.75) is 33.6 Å². The second kappa shape index (κ2) is 12.2. The third-order valence-electron chi connectivity index (χ3n) is 6.43. The molecule has 200 valence electrons. The van der Waals surface area contributed by atoms with Gasteiger partial charge in [-0.1, -0.05) is 67.9 Å². The van der Waals surface area contributed by atoms with E-state index in [1.165, 1.54) is 29.2 Å². The van der Waals surface area contributed by atoms with Crippen LogP contribution in [0, 0.1) is 24.0 Å². The maximum Gasteiger partial charge on any atom is 0.270 e. The SMILES string of the molecule is CCCCN(CC(=O)Nc1c(-c2ccccc2)c(C)nn1-c1ccccc1C)C(=O)c1cccc([N+](=O)[O-])c1. The highest BCUT2D eigenvalue weighted by Crippen LogP contribution is 2.34. The molecule has 1 N–H and O–H groups in total. The molecule has 0 spiro atoms. The van der Waals surface area contributed by atoms with Gasteiger partial charge < -0.3 is 10.2 Å². The number of rotatable bonds is 10. The van der Waals surface area contributed by atoms with Crippen molar-refractivity contribution in [2.75, 3.05) is 18.4 Å². The summed E-state index contributed by atoms with van der Waals surface area (Å²) in [6, 6.07) is 23.0. The van der Waals surface area contributed by atoms with Crippen molar-refractivity contribution < 1.29 is 14.5 Å². The third-order valence-corrected chi connectivity index (χ3v) is 6.43. The Morgan fingerprint density at radius 3 is 2.41 bits per heavy atom. The van der Waals surface area contributed by atoms with Crippen LogP contribution in [0.2, 0.25) is 0 Å². The lowest BCUT2D eigenvalue weighted by molar-refractivity contribution is -0.384. The first-order chi connectivity index (χ1) is 18.8. The van der Waals surface area contributed by atoms with E-state index in [0.29, 0.717) is 18.8 Å². The van der Waals surface area contributed by atoms with Crippen LogP contribution in [-0.4, -0.2) is 44.5 Å². The van der Waals surface area contributed by atoms with Crippen molar-refractivity contribution in [1.29, 1.82) is 0 Å². The Morgan fingerprint density at radius 2 is 1.72 bits per heavy atom. The van der Waals surface area contributed by atoms with Crippen molar-refractivity contribution in [3.05, 3.63) is 106 Å².